The Bertz CT molecular complexity index is 441. The van der Waals surface area contributed by atoms with Crippen LogP contribution in [0.1, 0.15) is 26.5 Å². The molecule has 0 fully saturated rings. The molecule has 0 N–H and O–H groups in total. The molecule has 0 aliphatic heterocycles. The molecule has 78 valence electrons. The Labute approximate surface area is 94.0 Å². The van der Waals surface area contributed by atoms with Crippen molar-refractivity contribution in [3.05, 3.63) is 34.9 Å². The molecule has 2 aromatic heterocycles. The molecular formula is C12H14N2S. The first kappa shape index (κ1) is 10.3. The lowest BCUT2D eigenvalue weighted by Gasteiger charge is -2.17. The minimum absolute atomic E-state index is 0.0893. The lowest BCUT2D eigenvalue weighted by atomic mass is 9.90. The third-order valence-corrected chi connectivity index (χ3v) is 2.84. The first-order chi connectivity index (χ1) is 7.07. The molecule has 0 atom stereocenters. The van der Waals surface area contributed by atoms with Gasteiger partial charge in [-0.3, -0.25) is 4.98 Å². The fourth-order valence-electron chi connectivity index (χ4n) is 1.36. The van der Waals surface area contributed by atoms with Crippen molar-refractivity contribution < 1.29 is 0 Å². The quantitative estimate of drug-likeness (QED) is 0.732. The Morgan fingerprint density at radius 3 is 2.60 bits per heavy atom. The summed E-state index contributed by atoms with van der Waals surface area (Å²) >= 11 is 1.62. The van der Waals surface area contributed by atoms with E-state index >= 15 is 0 Å². The third-order valence-electron chi connectivity index (χ3n) is 2.26. The van der Waals surface area contributed by atoms with E-state index < -0.39 is 0 Å². The van der Waals surface area contributed by atoms with Gasteiger partial charge in [0.1, 0.15) is 0 Å². The monoisotopic (exact) mass is 218 g/mol. The molecule has 0 spiro atoms. The Hall–Kier alpha value is -1.22. The van der Waals surface area contributed by atoms with E-state index in [-0.39, 0.29) is 5.41 Å². The molecule has 0 unspecified atom stereocenters. The second-order valence-electron chi connectivity index (χ2n) is 4.55. The summed E-state index contributed by atoms with van der Waals surface area (Å²) in [5.74, 6) is 0. The van der Waals surface area contributed by atoms with Gasteiger partial charge in [-0.25, -0.2) is 4.98 Å². The van der Waals surface area contributed by atoms with Gasteiger partial charge in [-0.15, -0.1) is 11.3 Å². The average molecular weight is 218 g/mol. The van der Waals surface area contributed by atoms with Gasteiger partial charge < -0.3 is 0 Å². The van der Waals surface area contributed by atoms with Gasteiger partial charge in [-0.2, -0.15) is 0 Å². The van der Waals surface area contributed by atoms with Crippen molar-refractivity contribution in [2.45, 2.75) is 26.2 Å². The van der Waals surface area contributed by atoms with Crippen molar-refractivity contribution in [1.29, 1.82) is 0 Å². The zero-order chi connectivity index (χ0) is 10.9. The summed E-state index contributed by atoms with van der Waals surface area (Å²) in [6, 6.07) is 4.12. The van der Waals surface area contributed by atoms with E-state index in [2.05, 4.69) is 42.2 Å². The molecule has 0 saturated heterocycles. The van der Waals surface area contributed by atoms with Crippen LogP contribution in [0.15, 0.2) is 29.2 Å². The highest BCUT2D eigenvalue weighted by Gasteiger charge is 2.15. The second kappa shape index (κ2) is 3.74. The largest absolute Gasteiger partial charge is 0.261 e. The predicted octanol–water partition coefficient (Wildman–Crippen LogP) is 3.50. The lowest BCUT2D eigenvalue weighted by molar-refractivity contribution is 0.569. The molecular weight excluding hydrogens is 204 g/mol. The van der Waals surface area contributed by atoms with Crippen molar-refractivity contribution in [3.63, 3.8) is 0 Å². The normalized spacial score (nSPS) is 11.7. The molecule has 0 amide bonds. The summed E-state index contributed by atoms with van der Waals surface area (Å²) in [6.45, 7) is 6.50. The molecule has 0 aromatic carbocycles. The van der Waals surface area contributed by atoms with Crippen LogP contribution in [0.3, 0.4) is 0 Å². The van der Waals surface area contributed by atoms with E-state index in [1.165, 1.54) is 0 Å². The Kier molecular flexibility index (Phi) is 2.57. The van der Waals surface area contributed by atoms with E-state index in [0.717, 1.165) is 17.0 Å². The highest BCUT2D eigenvalue weighted by molar-refractivity contribution is 7.07. The Morgan fingerprint density at radius 1 is 1.20 bits per heavy atom. The van der Waals surface area contributed by atoms with Crippen LogP contribution >= 0.6 is 11.3 Å². The lowest BCUT2D eigenvalue weighted by Crippen LogP contribution is -2.13. The van der Waals surface area contributed by atoms with Crippen LogP contribution in [-0.2, 0) is 5.41 Å². The number of thiazole rings is 1. The van der Waals surface area contributed by atoms with E-state index in [1.807, 2.05) is 17.8 Å². The first-order valence-corrected chi connectivity index (χ1v) is 5.87. The molecule has 0 aliphatic carbocycles. The standard InChI is InChI=1S/C12H14N2S/c1-12(2,3)11-6-9(4-5-13-11)10-7-15-8-14-10/h4-8H,1-3H3. The van der Waals surface area contributed by atoms with Gasteiger partial charge >= 0.3 is 0 Å². The van der Waals surface area contributed by atoms with Gasteiger partial charge in [-0.1, -0.05) is 20.8 Å². The maximum atomic E-state index is 4.40. The number of pyridine rings is 1. The number of nitrogens with zero attached hydrogens (tertiary/aromatic N) is 2. The number of aromatic nitrogens is 2. The van der Waals surface area contributed by atoms with Crippen LogP contribution in [-0.4, -0.2) is 9.97 Å². The van der Waals surface area contributed by atoms with Crippen LogP contribution in [0.2, 0.25) is 0 Å². The molecule has 2 heterocycles. The fraction of sp³-hybridized carbons (Fsp3) is 0.333. The van der Waals surface area contributed by atoms with Crippen LogP contribution in [0.5, 0.6) is 0 Å². The minimum Gasteiger partial charge on any atom is -0.261 e. The number of hydrogen-bond donors (Lipinski definition) is 0. The van der Waals surface area contributed by atoms with Crippen molar-refractivity contribution in [1.82, 2.24) is 9.97 Å². The Balaban J connectivity index is 2.44. The van der Waals surface area contributed by atoms with Crippen LogP contribution in [0.25, 0.3) is 11.3 Å². The second-order valence-corrected chi connectivity index (χ2v) is 5.27. The summed E-state index contributed by atoms with van der Waals surface area (Å²) in [4.78, 5) is 8.70. The SMILES string of the molecule is CC(C)(C)c1cc(-c2cscn2)ccn1. The summed E-state index contributed by atoms with van der Waals surface area (Å²) in [5.41, 5.74) is 5.23. The van der Waals surface area contributed by atoms with Gasteiger partial charge in [0.2, 0.25) is 0 Å². The molecule has 2 nitrogen and oxygen atoms in total. The number of rotatable bonds is 1. The van der Waals surface area contributed by atoms with Gasteiger partial charge in [0, 0.05) is 28.2 Å². The van der Waals surface area contributed by atoms with E-state index in [1.54, 1.807) is 11.3 Å². The third kappa shape index (κ3) is 2.23. The summed E-state index contributed by atoms with van der Waals surface area (Å²) < 4.78 is 0. The summed E-state index contributed by atoms with van der Waals surface area (Å²) in [7, 11) is 0. The fourth-order valence-corrected chi connectivity index (χ4v) is 1.92. The summed E-state index contributed by atoms with van der Waals surface area (Å²) in [6.07, 6.45) is 1.86. The molecule has 0 radical (unpaired) electrons. The van der Waals surface area contributed by atoms with Gasteiger partial charge in [-0.05, 0) is 12.1 Å². The van der Waals surface area contributed by atoms with Crippen molar-refractivity contribution in [2.75, 3.05) is 0 Å². The predicted molar refractivity (Wildman–Crippen MR) is 64.0 cm³/mol. The zero-order valence-electron chi connectivity index (χ0n) is 9.19. The van der Waals surface area contributed by atoms with Gasteiger partial charge in [0.05, 0.1) is 11.2 Å². The zero-order valence-corrected chi connectivity index (χ0v) is 10.0. The highest BCUT2D eigenvalue weighted by atomic mass is 32.1. The van der Waals surface area contributed by atoms with Gasteiger partial charge in [0.15, 0.2) is 0 Å². The number of hydrogen-bond acceptors (Lipinski definition) is 3. The minimum atomic E-state index is 0.0893. The maximum Gasteiger partial charge on any atom is 0.0812 e. The molecule has 2 rings (SSSR count). The van der Waals surface area contributed by atoms with E-state index in [4.69, 9.17) is 0 Å². The molecule has 15 heavy (non-hydrogen) atoms. The topological polar surface area (TPSA) is 25.8 Å². The smallest absolute Gasteiger partial charge is 0.0812 e. The van der Waals surface area contributed by atoms with Crippen LogP contribution in [0, 0.1) is 0 Å². The van der Waals surface area contributed by atoms with E-state index in [0.29, 0.717) is 0 Å². The average Bonchev–Trinajstić information content (AvgIpc) is 2.69. The molecule has 3 heteroatoms. The van der Waals surface area contributed by atoms with Crippen molar-refractivity contribution in [3.8, 4) is 11.3 Å². The van der Waals surface area contributed by atoms with Crippen molar-refractivity contribution >= 4 is 11.3 Å². The van der Waals surface area contributed by atoms with Crippen LogP contribution < -0.4 is 0 Å². The molecule has 0 aliphatic rings. The Morgan fingerprint density at radius 2 is 2.00 bits per heavy atom. The van der Waals surface area contributed by atoms with Crippen molar-refractivity contribution in [2.24, 2.45) is 0 Å². The molecule has 0 saturated carbocycles. The van der Waals surface area contributed by atoms with Gasteiger partial charge in [0.25, 0.3) is 0 Å². The highest BCUT2D eigenvalue weighted by Crippen LogP contribution is 2.25. The maximum absolute atomic E-state index is 4.40. The van der Waals surface area contributed by atoms with E-state index in [9.17, 15) is 0 Å². The summed E-state index contributed by atoms with van der Waals surface area (Å²) in [5, 5.41) is 2.06. The van der Waals surface area contributed by atoms with Crippen LogP contribution in [0.4, 0.5) is 0 Å². The molecule has 2 aromatic rings. The molecule has 0 bridgehead atoms. The first-order valence-electron chi connectivity index (χ1n) is 4.92.